The monoisotopic (exact) mass is 443 g/mol. The number of aryl methyl sites for hydroxylation is 1. The first-order chi connectivity index (χ1) is 15.9. The number of carbonyl (C=O) groups is 2. The van der Waals surface area contributed by atoms with Crippen molar-refractivity contribution in [1.29, 1.82) is 0 Å². The van der Waals surface area contributed by atoms with Crippen LogP contribution in [0.4, 0.5) is 4.79 Å². The Hall–Kier alpha value is -3.67. The van der Waals surface area contributed by atoms with Gasteiger partial charge in [-0.2, -0.15) is 0 Å². The Kier molecular flexibility index (Phi) is 6.45. The lowest BCUT2D eigenvalue weighted by Gasteiger charge is -2.43. The van der Waals surface area contributed by atoms with Crippen molar-refractivity contribution in [1.82, 2.24) is 9.88 Å². The molecule has 0 bridgehead atoms. The highest BCUT2D eigenvalue weighted by molar-refractivity contribution is 5.74. The second kappa shape index (κ2) is 9.45. The van der Waals surface area contributed by atoms with E-state index in [1.807, 2.05) is 56.4 Å². The van der Waals surface area contributed by atoms with E-state index in [9.17, 15) is 9.59 Å². The molecular weight excluding hydrogens is 414 g/mol. The van der Waals surface area contributed by atoms with Crippen LogP contribution in [0.25, 0.3) is 11.1 Å². The molecule has 1 aromatic heterocycles. The number of benzene rings is 2. The van der Waals surface area contributed by atoms with Crippen molar-refractivity contribution in [3.05, 3.63) is 89.7 Å². The van der Waals surface area contributed by atoms with Crippen molar-refractivity contribution >= 4 is 12.0 Å². The van der Waals surface area contributed by atoms with Gasteiger partial charge in [-0.15, -0.1) is 0 Å². The zero-order chi connectivity index (χ0) is 23.4. The lowest BCUT2D eigenvalue weighted by atomic mass is 9.84. The molecule has 6 nitrogen and oxygen atoms in total. The Bertz CT molecular complexity index is 1130. The molecule has 0 aliphatic carbocycles. The minimum Gasteiger partial charge on any atom is -0.438 e. The van der Waals surface area contributed by atoms with Gasteiger partial charge in [0.05, 0.1) is 6.04 Å². The van der Waals surface area contributed by atoms with Crippen LogP contribution in [-0.2, 0) is 15.1 Å². The predicted molar refractivity (Wildman–Crippen MR) is 127 cm³/mol. The molecule has 2 aromatic carbocycles. The van der Waals surface area contributed by atoms with Gasteiger partial charge in [0.25, 0.3) is 0 Å². The smallest absolute Gasteiger partial charge is 0.411 e. The van der Waals surface area contributed by atoms with Gasteiger partial charge < -0.3 is 15.4 Å². The highest BCUT2D eigenvalue weighted by Crippen LogP contribution is 2.40. The normalized spacial score (nSPS) is 19.1. The average Bonchev–Trinajstić information content (AvgIpc) is 2.83. The van der Waals surface area contributed by atoms with Gasteiger partial charge >= 0.3 is 6.09 Å². The van der Waals surface area contributed by atoms with Crippen LogP contribution in [0.2, 0.25) is 0 Å². The number of ether oxygens (including phenoxy) is 1. The van der Waals surface area contributed by atoms with E-state index in [2.05, 4.69) is 35.3 Å². The lowest BCUT2D eigenvalue weighted by Crippen LogP contribution is -2.49. The van der Waals surface area contributed by atoms with Gasteiger partial charge in [-0.1, -0.05) is 54.6 Å². The Morgan fingerprint density at radius 3 is 2.48 bits per heavy atom. The molecule has 0 spiro atoms. The molecule has 6 heteroatoms. The molecule has 1 saturated heterocycles. The van der Waals surface area contributed by atoms with Crippen molar-refractivity contribution < 1.29 is 14.3 Å². The van der Waals surface area contributed by atoms with E-state index in [1.165, 1.54) is 0 Å². The number of nitrogens with two attached hydrogens (primary N) is 1. The second-order valence-corrected chi connectivity index (χ2v) is 8.62. The minimum atomic E-state index is -0.841. The molecule has 4 rings (SSSR count). The van der Waals surface area contributed by atoms with Crippen LogP contribution < -0.4 is 5.73 Å². The Labute approximate surface area is 194 Å². The Balaban J connectivity index is 1.51. The molecule has 2 N–H and O–H groups in total. The topological polar surface area (TPSA) is 85.5 Å². The molecular formula is C27H29N3O3. The van der Waals surface area contributed by atoms with Crippen LogP contribution in [-0.4, -0.2) is 28.4 Å². The number of pyridine rings is 1. The highest BCUT2D eigenvalue weighted by Gasteiger charge is 2.43. The maximum atomic E-state index is 13.1. The van der Waals surface area contributed by atoms with Crippen molar-refractivity contribution in [3.8, 4) is 11.1 Å². The third-order valence-electron chi connectivity index (χ3n) is 6.44. The largest absolute Gasteiger partial charge is 0.438 e. The van der Waals surface area contributed by atoms with Gasteiger partial charge in [-0.3, -0.25) is 9.78 Å². The summed E-state index contributed by atoms with van der Waals surface area (Å²) < 4.78 is 6.04. The van der Waals surface area contributed by atoms with E-state index < -0.39 is 11.5 Å². The summed E-state index contributed by atoms with van der Waals surface area (Å²) >= 11 is 0. The van der Waals surface area contributed by atoms with Gasteiger partial charge in [0.2, 0.25) is 5.91 Å². The number of cyclic esters (lactones) is 1. The van der Waals surface area contributed by atoms with E-state index >= 15 is 0 Å². The third kappa shape index (κ3) is 4.90. The molecule has 170 valence electrons. The maximum absolute atomic E-state index is 13.1. The van der Waals surface area contributed by atoms with Crippen LogP contribution in [0.15, 0.2) is 72.9 Å². The predicted octanol–water partition coefficient (Wildman–Crippen LogP) is 5.12. The van der Waals surface area contributed by atoms with Crippen LogP contribution in [0.5, 0.6) is 0 Å². The molecule has 2 atom stereocenters. The molecule has 33 heavy (non-hydrogen) atoms. The quantitative estimate of drug-likeness (QED) is 0.549. The van der Waals surface area contributed by atoms with Crippen LogP contribution in [0.1, 0.15) is 49.0 Å². The summed E-state index contributed by atoms with van der Waals surface area (Å²) in [5, 5.41) is 0. The van der Waals surface area contributed by atoms with Gasteiger partial charge in [0, 0.05) is 37.7 Å². The Morgan fingerprint density at radius 1 is 1.12 bits per heavy atom. The first-order valence-electron chi connectivity index (χ1n) is 11.2. The molecule has 0 radical (unpaired) electrons. The lowest BCUT2D eigenvalue weighted by molar-refractivity contribution is -0.121. The van der Waals surface area contributed by atoms with E-state index in [4.69, 9.17) is 10.5 Å². The standard InChI is InChI=1S/C27H29N3O3/c1-19-18-23(13-16-29-19)22-10-8-21(9-11-22)20(2)30-17-15-27(33-26(30)32,14-12-25(28)31)24-6-4-3-5-7-24/h3-11,13,16,18,20H,12,14-15,17H2,1-2H3,(H2,28,31)/t20-,27+/m0/s1. The van der Waals surface area contributed by atoms with Crippen molar-refractivity contribution in [2.24, 2.45) is 5.73 Å². The first-order valence-corrected chi connectivity index (χ1v) is 11.2. The fraction of sp³-hybridized carbons (Fsp3) is 0.296. The van der Waals surface area contributed by atoms with Crippen LogP contribution in [0.3, 0.4) is 0 Å². The van der Waals surface area contributed by atoms with Crippen molar-refractivity contribution in [3.63, 3.8) is 0 Å². The first kappa shape index (κ1) is 22.5. The van der Waals surface area contributed by atoms with E-state index in [0.717, 1.165) is 27.9 Å². The molecule has 3 aromatic rings. The van der Waals surface area contributed by atoms with Gasteiger partial charge in [-0.25, -0.2) is 4.79 Å². The maximum Gasteiger partial charge on any atom is 0.411 e. The molecule has 0 saturated carbocycles. The molecule has 0 unspecified atom stereocenters. The van der Waals surface area contributed by atoms with Crippen LogP contribution >= 0.6 is 0 Å². The molecule has 1 aliphatic heterocycles. The summed E-state index contributed by atoms with van der Waals surface area (Å²) in [7, 11) is 0. The van der Waals surface area contributed by atoms with E-state index in [1.54, 1.807) is 4.90 Å². The van der Waals surface area contributed by atoms with Gasteiger partial charge in [0.15, 0.2) is 0 Å². The molecule has 1 aliphatic rings. The zero-order valence-corrected chi connectivity index (χ0v) is 19.0. The number of nitrogens with zero attached hydrogens (tertiary/aromatic N) is 2. The zero-order valence-electron chi connectivity index (χ0n) is 19.0. The number of hydrogen-bond acceptors (Lipinski definition) is 4. The Morgan fingerprint density at radius 2 is 1.85 bits per heavy atom. The summed E-state index contributed by atoms with van der Waals surface area (Å²) in [4.78, 5) is 30.6. The summed E-state index contributed by atoms with van der Waals surface area (Å²) in [5.74, 6) is -0.401. The summed E-state index contributed by atoms with van der Waals surface area (Å²) in [6, 6.07) is 21.7. The minimum absolute atomic E-state index is 0.143. The molecule has 2 heterocycles. The average molecular weight is 444 g/mol. The molecule has 1 fully saturated rings. The highest BCUT2D eigenvalue weighted by atomic mass is 16.6. The SMILES string of the molecule is Cc1cc(-c2ccc([C@H](C)N3CC[C@](CCC(N)=O)(c4ccccc4)OC3=O)cc2)ccn1. The van der Waals surface area contributed by atoms with Crippen LogP contribution in [0, 0.1) is 6.92 Å². The second-order valence-electron chi connectivity index (χ2n) is 8.62. The number of aromatic nitrogens is 1. The summed E-state index contributed by atoms with van der Waals surface area (Å²) in [5.41, 5.74) is 9.67. The van der Waals surface area contributed by atoms with E-state index in [0.29, 0.717) is 19.4 Å². The summed E-state index contributed by atoms with van der Waals surface area (Å²) in [6.07, 6.45) is 2.56. The van der Waals surface area contributed by atoms with Gasteiger partial charge in [0.1, 0.15) is 5.60 Å². The number of amides is 2. The van der Waals surface area contributed by atoms with Gasteiger partial charge in [-0.05, 0) is 48.2 Å². The number of carbonyl (C=O) groups excluding carboxylic acids is 2. The molecule has 2 amide bonds. The fourth-order valence-electron chi connectivity index (χ4n) is 4.47. The number of primary amides is 1. The van der Waals surface area contributed by atoms with Crippen molar-refractivity contribution in [2.75, 3.05) is 6.54 Å². The fourth-order valence-corrected chi connectivity index (χ4v) is 4.47. The summed E-state index contributed by atoms with van der Waals surface area (Å²) in [6.45, 7) is 4.51. The number of rotatable bonds is 7. The van der Waals surface area contributed by atoms with E-state index in [-0.39, 0.29) is 18.6 Å². The number of hydrogen-bond donors (Lipinski definition) is 1. The van der Waals surface area contributed by atoms with Crippen molar-refractivity contribution in [2.45, 2.75) is 44.8 Å². The third-order valence-corrected chi connectivity index (χ3v) is 6.44.